The maximum atomic E-state index is 12.8. The summed E-state index contributed by atoms with van der Waals surface area (Å²) in [7, 11) is -4.09. The number of carbonyl (C=O) groups excluding carboxylic acids is 2. The minimum absolute atomic E-state index is 0.0362. The monoisotopic (exact) mass is 447 g/mol. The van der Waals surface area contributed by atoms with Crippen LogP contribution in [0.15, 0.2) is 35.2 Å². The SMILES string of the molecule is Cc1cc(S(N)(=O)=O)c(NC(=O)c2ccc3cc4n(c3n2)[C@H](C)CNC4=O)cc1Cl. The van der Waals surface area contributed by atoms with Crippen molar-refractivity contribution in [1.82, 2.24) is 14.9 Å². The van der Waals surface area contributed by atoms with E-state index in [1.54, 1.807) is 23.6 Å². The molecule has 0 fully saturated rings. The van der Waals surface area contributed by atoms with Crippen molar-refractivity contribution in [2.45, 2.75) is 24.8 Å². The van der Waals surface area contributed by atoms with Gasteiger partial charge in [-0.1, -0.05) is 11.6 Å². The Kier molecular flexibility index (Phi) is 4.80. The van der Waals surface area contributed by atoms with Crippen molar-refractivity contribution in [1.29, 1.82) is 0 Å². The Bertz CT molecular complexity index is 1330. The molecule has 2 aromatic heterocycles. The van der Waals surface area contributed by atoms with Crippen LogP contribution in [0.3, 0.4) is 0 Å². The molecular weight excluding hydrogens is 430 g/mol. The lowest BCUT2D eigenvalue weighted by Crippen LogP contribution is -2.37. The van der Waals surface area contributed by atoms with Crippen LogP contribution >= 0.6 is 11.6 Å². The van der Waals surface area contributed by atoms with Crippen LogP contribution in [0.1, 0.15) is 39.5 Å². The number of hydrogen-bond acceptors (Lipinski definition) is 5. The second kappa shape index (κ2) is 7.08. The lowest BCUT2D eigenvalue weighted by Gasteiger charge is -2.23. The maximum Gasteiger partial charge on any atom is 0.274 e. The molecule has 11 heteroatoms. The van der Waals surface area contributed by atoms with Crippen LogP contribution in [-0.2, 0) is 10.0 Å². The molecule has 0 bridgehead atoms. The third-order valence-corrected chi connectivity index (χ3v) is 6.32. The Hall–Kier alpha value is -2.95. The number of nitrogens with zero attached hydrogens (tertiary/aromatic N) is 2. The Morgan fingerprint density at radius 1 is 1.33 bits per heavy atom. The first-order valence-corrected chi connectivity index (χ1v) is 10.9. The Morgan fingerprint density at radius 3 is 2.77 bits per heavy atom. The second-order valence-electron chi connectivity index (χ2n) is 7.16. The van der Waals surface area contributed by atoms with E-state index in [1.807, 2.05) is 6.92 Å². The largest absolute Gasteiger partial charge is 0.349 e. The van der Waals surface area contributed by atoms with Crippen LogP contribution in [0.2, 0.25) is 5.02 Å². The number of pyridine rings is 1. The van der Waals surface area contributed by atoms with Crippen molar-refractivity contribution in [2.24, 2.45) is 5.14 Å². The Balaban J connectivity index is 1.76. The molecule has 1 aliphatic heterocycles. The van der Waals surface area contributed by atoms with Gasteiger partial charge in [-0.15, -0.1) is 0 Å². The summed E-state index contributed by atoms with van der Waals surface area (Å²) in [5, 5.41) is 11.6. The molecule has 0 unspecified atom stereocenters. The maximum absolute atomic E-state index is 12.8. The molecule has 0 saturated carbocycles. The van der Waals surface area contributed by atoms with Crippen molar-refractivity contribution < 1.29 is 18.0 Å². The number of anilines is 1. The topological polar surface area (TPSA) is 136 Å². The summed E-state index contributed by atoms with van der Waals surface area (Å²) in [5.74, 6) is -0.839. The molecule has 4 N–H and O–H groups in total. The molecule has 1 aromatic carbocycles. The van der Waals surface area contributed by atoms with Gasteiger partial charge < -0.3 is 15.2 Å². The number of halogens is 1. The first-order chi connectivity index (χ1) is 14.1. The fourth-order valence-electron chi connectivity index (χ4n) is 3.44. The summed E-state index contributed by atoms with van der Waals surface area (Å²) in [6.07, 6.45) is 0. The predicted octanol–water partition coefficient (Wildman–Crippen LogP) is 2.20. The van der Waals surface area contributed by atoms with E-state index in [-0.39, 0.29) is 33.2 Å². The number of aromatic nitrogens is 2. The first kappa shape index (κ1) is 20.3. The molecule has 0 aliphatic carbocycles. The highest BCUT2D eigenvalue weighted by Crippen LogP contribution is 2.29. The number of primary sulfonamides is 1. The highest BCUT2D eigenvalue weighted by atomic mass is 35.5. The van der Waals surface area contributed by atoms with Gasteiger partial charge in [0, 0.05) is 17.0 Å². The molecule has 9 nitrogen and oxygen atoms in total. The average molecular weight is 448 g/mol. The van der Waals surface area contributed by atoms with Gasteiger partial charge in [-0.25, -0.2) is 18.5 Å². The molecule has 4 rings (SSSR count). The zero-order valence-electron chi connectivity index (χ0n) is 16.1. The van der Waals surface area contributed by atoms with E-state index in [0.717, 1.165) is 0 Å². The molecule has 1 aliphatic rings. The van der Waals surface area contributed by atoms with E-state index in [2.05, 4.69) is 15.6 Å². The fourth-order valence-corrected chi connectivity index (χ4v) is 4.36. The second-order valence-corrected chi connectivity index (χ2v) is 9.10. The summed E-state index contributed by atoms with van der Waals surface area (Å²) in [5.41, 5.74) is 1.48. The molecule has 3 heterocycles. The number of rotatable bonds is 3. The van der Waals surface area contributed by atoms with Gasteiger partial charge in [0.2, 0.25) is 10.0 Å². The molecule has 1 atom stereocenters. The number of fused-ring (bicyclic) bond motifs is 3. The molecule has 156 valence electrons. The van der Waals surface area contributed by atoms with Gasteiger partial charge in [0.15, 0.2) is 0 Å². The van der Waals surface area contributed by atoms with E-state index in [0.29, 0.717) is 28.8 Å². The third kappa shape index (κ3) is 3.42. The van der Waals surface area contributed by atoms with Crippen molar-refractivity contribution in [3.63, 3.8) is 0 Å². The number of nitrogens with two attached hydrogens (primary N) is 1. The van der Waals surface area contributed by atoms with E-state index in [4.69, 9.17) is 16.7 Å². The Labute approximate surface area is 177 Å². The highest BCUT2D eigenvalue weighted by Gasteiger charge is 2.26. The smallest absolute Gasteiger partial charge is 0.274 e. The highest BCUT2D eigenvalue weighted by molar-refractivity contribution is 7.89. The number of hydrogen-bond donors (Lipinski definition) is 3. The first-order valence-electron chi connectivity index (χ1n) is 9.00. The van der Waals surface area contributed by atoms with Crippen molar-refractivity contribution in [3.05, 3.63) is 52.3 Å². The number of nitrogens with one attached hydrogen (secondary N) is 2. The predicted molar refractivity (Wildman–Crippen MR) is 112 cm³/mol. The standard InChI is InChI=1S/C19H18ClN5O4S/c1-9-5-16(30(21,28)29)14(7-12(9)20)24-18(26)13-4-3-11-6-15-19(27)22-8-10(2)25(15)17(11)23-13/h3-7,10H,8H2,1-2H3,(H,22,27)(H,24,26)(H2,21,28,29)/t10-/m1/s1. The lowest BCUT2D eigenvalue weighted by molar-refractivity contribution is 0.0918. The van der Waals surface area contributed by atoms with Crippen LogP contribution in [0.4, 0.5) is 5.69 Å². The summed E-state index contributed by atoms with van der Waals surface area (Å²) < 4.78 is 25.6. The van der Waals surface area contributed by atoms with Gasteiger partial charge in [-0.05, 0) is 49.7 Å². The number of sulfonamides is 1. The number of aryl methyl sites for hydroxylation is 1. The molecule has 0 saturated heterocycles. The van der Waals surface area contributed by atoms with E-state index < -0.39 is 15.9 Å². The average Bonchev–Trinajstić information content (AvgIpc) is 3.06. The van der Waals surface area contributed by atoms with Gasteiger partial charge >= 0.3 is 0 Å². The van der Waals surface area contributed by atoms with Gasteiger partial charge in [-0.2, -0.15) is 0 Å². The van der Waals surface area contributed by atoms with Crippen LogP contribution < -0.4 is 15.8 Å². The van der Waals surface area contributed by atoms with Gasteiger partial charge in [0.1, 0.15) is 21.9 Å². The van der Waals surface area contributed by atoms with Gasteiger partial charge in [0.05, 0.1) is 11.7 Å². The van der Waals surface area contributed by atoms with E-state index in [9.17, 15) is 18.0 Å². The van der Waals surface area contributed by atoms with Crippen LogP contribution in [-0.4, -0.2) is 36.3 Å². The minimum Gasteiger partial charge on any atom is -0.349 e. The summed E-state index contributed by atoms with van der Waals surface area (Å²) in [6, 6.07) is 7.50. The lowest BCUT2D eigenvalue weighted by atomic mass is 10.2. The minimum atomic E-state index is -4.09. The van der Waals surface area contributed by atoms with Crippen molar-refractivity contribution >= 4 is 50.2 Å². The molecule has 0 spiro atoms. The summed E-state index contributed by atoms with van der Waals surface area (Å²) in [6.45, 7) is 4.02. The van der Waals surface area contributed by atoms with E-state index in [1.165, 1.54) is 18.2 Å². The quantitative estimate of drug-likeness (QED) is 0.565. The van der Waals surface area contributed by atoms with Gasteiger partial charge in [-0.3, -0.25) is 9.59 Å². The van der Waals surface area contributed by atoms with Gasteiger partial charge in [0.25, 0.3) is 11.8 Å². The molecular formula is C19H18ClN5O4S. The zero-order chi connectivity index (χ0) is 21.8. The van der Waals surface area contributed by atoms with E-state index >= 15 is 0 Å². The van der Waals surface area contributed by atoms with Crippen LogP contribution in [0.5, 0.6) is 0 Å². The Morgan fingerprint density at radius 2 is 2.07 bits per heavy atom. The normalized spacial score (nSPS) is 16.3. The number of carbonyl (C=O) groups is 2. The van der Waals surface area contributed by atoms with Crippen LogP contribution in [0, 0.1) is 6.92 Å². The van der Waals surface area contributed by atoms with Crippen molar-refractivity contribution in [2.75, 3.05) is 11.9 Å². The fraction of sp³-hybridized carbons (Fsp3) is 0.211. The molecule has 3 aromatic rings. The molecule has 2 amide bonds. The summed E-state index contributed by atoms with van der Waals surface area (Å²) in [4.78, 5) is 29.1. The summed E-state index contributed by atoms with van der Waals surface area (Å²) >= 11 is 6.09. The van der Waals surface area contributed by atoms with Crippen LogP contribution in [0.25, 0.3) is 11.0 Å². The third-order valence-electron chi connectivity index (χ3n) is 4.96. The number of benzene rings is 1. The molecule has 30 heavy (non-hydrogen) atoms. The number of amides is 2. The molecule has 0 radical (unpaired) electrons. The van der Waals surface area contributed by atoms with Crippen molar-refractivity contribution in [3.8, 4) is 0 Å². The zero-order valence-corrected chi connectivity index (χ0v) is 17.6.